The number of hydrogen-bond donors (Lipinski definition) is 2. The maximum absolute atomic E-state index is 12.3. The molecule has 0 radical (unpaired) electrons. The number of nitrogens with one attached hydrogen (secondary N) is 2. The van der Waals surface area contributed by atoms with Crippen LogP contribution in [-0.2, 0) is 11.8 Å². The van der Waals surface area contributed by atoms with Crippen molar-refractivity contribution in [3.05, 3.63) is 65.0 Å². The van der Waals surface area contributed by atoms with E-state index in [1.54, 1.807) is 38.2 Å². The lowest BCUT2D eigenvalue weighted by Crippen LogP contribution is -2.35. The number of benzene rings is 2. The average Bonchev–Trinajstić information content (AvgIpc) is 2.96. The third-order valence-corrected chi connectivity index (χ3v) is 4.74. The molecule has 7 nitrogen and oxygen atoms in total. The lowest BCUT2D eigenvalue weighted by molar-refractivity contribution is -0.772. The van der Waals surface area contributed by atoms with Crippen LogP contribution in [0.25, 0.3) is 0 Å². The zero-order chi connectivity index (χ0) is 18.5. The predicted octanol–water partition coefficient (Wildman–Crippen LogP) is 2.70. The maximum Gasteiger partial charge on any atom is 0.441 e. The van der Waals surface area contributed by atoms with E-state index in [4.69, 9.17) is 4.74 Å². The average molecular weight is 372 g/mol. The molecule has 1 unspecified atom stereocenters. The smallest absolute Gasteiger partial charge is 0.441 e. The number of hydrogen-bond acceptors (Lipinski definition) is 5. The fourth-order valence-electron chi connectivity index (χ4n) is 2.15. The Kier molecular flexibility index (Phi) is 5.43. The molecule has 2 N–H and O–H groups in total. The van der Waals surface area contributed by atoms with Crippen LogP contribution in [-0.4, -0.2) is 16.4 Å². The molecule has 1 heterocycles. The van der Waals surface area contributed by atoms with Crippen LogP contribution >= 0.6 is 11.8 Å². The van der Waals surface area contributed by atoms with Crippen LogP contribution in [0.5, 0.6) is 11.5 Å². The Hall–Kier alpha value is -3.00. The van der Waals surface area contributed by atoms with Gasteiger partial charge in [0.1, 0.15) is 11.5 Å². The number of nitrogens with zero attached hydrogens (tertiary/aromatic N) is 1. The summed E-state index contributed by atoms with van der Waals surface area (Å²) in [4.78, 5) is 23.9. The van der Waals surface area contributed by atoms with Gasteiger partial charge in [-0.05, 0) is 60.4 Å². The first-order valence-electron chi connectivity index (χ1n) is 7.91. The number of carbonyl (C=O) groups excluding carboxylic acids is 1. The van der Waals surface area contributed by atoms with E-state index in [1.807, 2.05) is 30.3 Å². The fraction of sp³-hybridized carbons (Fsp3) is 0.167. The van der Waals surface area contributed by atoms with Crippen molar-refractivity contribution in [2.75, 3.05) is 5.32 Å². The first-order valence-corrected chi connectivity index (χ1v) is 8.79. The predicted molar refractivity (Wildman–Crippen MR) is 97.4 cm³/mol. The van der Waals surface area contributed by atoms with Crippen LogP contribution in [0.3, 0.4) is 0 Å². The van der Waals surface area contributed by atoms with E-state index in [-0.39, 0.29) is 5.91 Å². The number of carbonyl (C=O) groups is 1. The number of aromatic nitrogens is 2. The summed E-state index contributed by atoms with van der Waals surface area (Å²) in [6.45, 7) is 1.72. The third kappa shape index (κ3) is 4.34. The number of ether oxygens (including phenoxy) is 1. The number of rotatable bonds is 6. The number of aryl methyl sites for hydroxylation is 1. The molecule has 0 saturated heterocycles. The van der Waals surface area contributed by atoms with Crippen LogP contribution in [0.2, 0.25) is 0 Å². The second kappa shape index (κ2) is 7.92. The van der Waals surface area contributed by atoms with Gasteiger partial charge in [0.2, 0.25) is 5.91 Å². The molecule has 0 fully saturated rings. The fourth-order valence-corrected chi connectivity index (χ4v) is 2.99. The van der Waals surface area contributed by atoms with Crippen LogP contribution in [0.1, 0.15) is 6.92 Å². The van der Waals surface area contributed by atoms with Gasteiger partial charge in [0.25, 0.3) is 0 Å². The Morgan fingerprint density at radius 1 is 1.15 bits per heavy atom. The zero-order valence-electron chi connectivity index (χ0n) is 14.3. The lowest BCUT2D eigenvalue weighted by Gasteiger charge is -2.10. The van der Waals surface area contributed by atoms with Gasteiger partial charge in [-0.3, -0.25) is 9.32 Å². The normalized spacial score (nSPS) is 11.8. The number of H-pyrrole nitrogens is 1. The minimum atomic E-state index is -0.500. The molecule has 1 amide bonds. The molecule has 0 saturated carbocycles. The van der Waals surface area contributed by atoms with Gasteiger partial charge in [0, 0.05) is 5.69 Å². The third-order valence-electron chi connectivity index (χ3n) is 3.51. The minimum absolute atomic E-state index is 0.215. The molecule has 0 bridgehead atoms. The monoisotopic (exact) mass is 372 g/mol. The Labute approximate surface area is 153 Å². The quantitative estimate of drug-likeness (QED) is 0.513. The summed E-state index contributed by atoms with van der Waals surface area (Å²) in [6, 6.07) is 16.5. The molecule has 1 aromatic heterocycles. The first-order chi connectivity index (χ1) is 12.5. The van der Waals surface area contributed by atoms with E-state index in [0.29, 0.717) is 16.5 Å². The maximum atomic E-state index is 12.3. The molecular formula is C18H18N3O4S+. The van der Waals surface area contributed by atoms with E-state index in [1.165, 1.54) is 4.68 Å². The number of amides is 1. The van der Waals surface area contributed by atoms with Crippen molar-refractivity contribution in [1.82, 2.24) is 5.27 Å². The molecule has 134 valence electrons. The molecule has 3 rings (SSSR count). The topological polar surface area (TPSA) is 88.2 Å². The van der Waals surface area contributed by atoms with E-state index in [9.17, 15) is 9.59 Å². The highest BCUT2D eigenvalue weighted by molar-refractivity contribution is 8.00. The van der Waals surface area contributed by atoms with Crippen molar-refractivity contribution >= 4 is 23.4 Å². The molecule has 1 atom stereocenters. The number of aromatic amines is 1. The molecule has 26 heavy (non-hydrogen) atoms. The van der Waals surface area contributed by atoms with Gasteiger partial charge in [0.05, 0.1) is 5.25 Å². The Morgan fingerprint density at radius 3 is 2.42 bits per heavy atom. The van der Waals surface area contributed by atoms with Gasteiger partial charge in [0.15, 0.2) is 7.05 Å². The Bertz CT molecular complexity index is 935. The van der Waals surface area contributed by atoms with Gasteiger partial charge in [-0.1, -0.05) is 22.9 Å². The second-order valence-electron chi connectivity index (χ2n) is 5.53. The van der Waals surface area contributed by atoms with Crippen molar-refractivity contribution < 1.29 is 18.7 Å². The SMILES string of the molecule is CC(Sc1c(=O)o[nH][n+]1C)C(=O)Nc1ccc(Oc2ccccc2)cc1. The number of anilines is 1. The van der Waals surface area contributed by atoms with Gasteiger partial charge in [-0.25, -0.2) is 4.79 Å². The van der Waals surface area contributed by atoms with Crippen LogP contribution in [0, 0.1) is 0 Å². The van der Waals surface area contributed by atoms with E-state index in [0.717, 1.165) is 17.5 Å². The summed E-state index contributed by atoms with van der Waals surface area (Å²) in [5.41, 5.74) is 0.146. The first kappa shape index (κ1) is 17.8. The van der Waals surface area contributed by atoms with E-state index < -0.39 is 10.9 Å². The van der Waals surface area contributed by atoms with Crippen molar-refractivity contribution in [2.24, 2.45) is 7.05 Å². The number of thioether (sulfide) groups is 1. The molecule has 0 spiro atoms. The molecule has 0 aliphatic heterocycles. The van der Waals surface area contributed by atoms with Gasteiger partial charge < -0.3 is 10.1 Å². The molecule has 0 aliphatic carbocycles. The summed E-state index contributed by atoms with van der Waals surface area (Å²) in [5.74, 6) is 1.20. The van der Waals surface area contributed by atoms with E-state index >= 15 is 0 Å². The highest BCUT2D eigenvalue weighted by atomic mass is 32.2. The summed E-state index contributed by atoms with van der Waals surface area (Å²) in [6.07, 6.45) is 0. The largest absolute Gasteiger partial charge is 0.457 e. The van der Waals surface area contributed by atoms with Crippen molar-refractivity contribution in [1.29, 1.82) is 0 Å². The van der Waals surface area contributed by atoms with E-state index in [2.05, 4.69) is 15.1 Å². The Morgan fingerprint density at radius 2 is 1.81 bits per heavy atom. The van der Waals surface area contributed by atoms with Crippen molar-refractivity contribution in [3.63, 3.8) is 0 Å². The summed E-state index contributed by atoms with van der Waals surface area (Å²) < 4.78 is 11.8. The summed E-state index contributed by atoms with van der Waals surface area (Å²) in [5, 5.41) is 5.10. The van der Waals surface area contributed by atoms with Crippen LogP contribution in [0.15, 0.2) is 68.9 Å². The molecular weight excluding hydrogens is 354 g/mol. The minimum Gasteiger partial charge on any atom is -0.457 e. The molecule has 0 aliphatic rings. The standard InChI is InChI=1S/C18H17N3O4S/c1-12(26-17-18(23)25-20-21(17)2)16(22)19-13-8-10-15(11-9-13)24-14-6-4-3-5-7-14/h3-12H,1-2H3,(H-,19,20,22,23)/p+1. The van der Waals surface area contributed by atoms with Gasteiger partial charge in [-0.15, -0.1) is 0 Å². The Balaban J connectivity index is 1.59. The number of para-hydroxylation sites is 1. The molecule has 2 aromatic carbocycles. The summed E-state index contributed by atoms with van der Waals surface area (Å²) in [7, 11) is 1.64. The van der Waals surface area contributed by atoms with Crippen LogP contribution < -0.4 is 20.4 Å². The second-order valence-corrected chi connectivity index (χ2v) is 6.86. The van der Waals surface area contributed by atoms with Gasteiger partial charge in [-0.2, -0.15) is 0 Å². The van der Waals surface area contributed by atoms with Gasteiger partial charge >= 0.3 is 10.7 Å². The molecule has 3 aromatic rings. The van der Waals surface area contributed by atoms with Crippen molar-refractivity contribution in [3.8, 4) is 11.5 Å². The van der Waals surface area contributed by atoms with Crippen LogP contribution in [0.4, 0.5) is 5.69 Å². The van der Waals surface area contributed by atoms with Crippen molar-refractivity contribution in [2.45, 2.75) is 17.2 Å². The highest BCUT2D eigenvalue weighted by Crippen LogP contribution is 2.23. The zero-order valence-corrected chi connectivity index (χ0v) is 15.1. The summed E-state index contributed by atoms with van der Waals surface area (Å²) >= 11 is 1.12. The highest BCUT2D eigenvalue weighted by Gasteiger charge is 2.25. The molecule has 8 heteroatoms. The lowest BCUT2D eigenvalue weighted by atomic mass is 10.3.